The van der Waals surface area contributed by atoms with Gasteiger partial charge in [-0.1, -0.05) is 26.7 Å². The molecule has 0 aromatic heterocycles. The van der Waals surface area contributed by atoms with Gasteiger partial charge in [-0.05, 0) is 64.1 Å². The van der Waals surface area contributed by atoms with E-state index in [1.165, 1.54) is 51.6 Å². The van der Waals surface area contributed by atoms with Crippen molar-refractivity contribution < 1.29 is 0 Å². The second-order valence-corrected chi connectivity index (χ2v) is 6.94. The first-order valence-electron chi connectivity index (χ1n) is 8.47. The summed E-state index contributed by atoms with van der Waals surface area (Å²) in [5, 5.41) is 12.8. The van der Waals surface area contributed by atoms with Crippen molar-refractivity contribution in [1.82, 2.24) is 10.2 Å². The summed E-state index contributed by atoms with van der Waals surface area (Å²) in [5.41, 5.74) is 0.327. The Hall–Kier alpha value is -0.590. The molecule has 0 aromatic carbocycles. The lowest BCUT2D eigenvalue weighted by atomic mass is 9.72. The van der Waals surface area contributed by atoms with E-state index in [1.54, 1.807) is 0 Å². The van der Waals surface area contributed by atoms with Crippen LogP contribution in [0.3, 0.4) is 0 Å². The van der Waals surface area contributed by atoms with Crippen molar-refractivity contribution in [2.75, 3.05) is 20.1 Å². The number of nitrogens with one attached hydrogen (secondary N) is 1. The number of likely N-dealkylation sites (tertiary alicyclic amines) is 1. The van der Waals surface area contributed by atoms with Crippen LogP contribution in [-0.4, -0.2) is 36.6 Å². The first-order chi connectivity index (χ1) is 9.62. The third kappa shape index (κ3) is 3.02. The minimum atomic E-state index is -0.271. The number of hydrogen-bond donors (Lipinski definition) is 1. The molecule has 1 saturated heterocycles. The summed E-state index contributed by atoms with van der Waals surface area (Å²) >= 11 is 0. The van der Waals surface area contributed by atoms with E-state index < -0.39 is 0 Å². The highest BCUT2D eigenvalue weighted by Crippen LogP contribution is 2.40. The van der Waals surface area contributed by atoms with Gasteiger partial charge in [0.2, 0.25) is 0 Å². The molecule has 2 unspecified atom stereocenters. The van der Waals surface area contributed by atoms with E-state index in [1.807, 2.05) is 7.05 Å². The van der Waals surface area contributed by atoms with Gasteiger partial charge in [0, 0.05) is 6.04 Å². The molecule has 2 aliphatic rings. The van der Waals surface area contributed by atoms with Crippen LogP contribution >= 0.6 is 0 Å². The van der Waals surface area contributed by atoms with Gasteiger partial charge in [-0.2, -0.15) is 5.26 Å². The zero-order chi connectivity index (χ0) is 14.6. The van der Waals surface area contributed by atoms with Crippen LogP contribution in [0.2, 0.25) is 0 Å². The molecule has 2 atom stereocenters. The minimum Gasteiger partial charge on any atom is -0.302 e. The normalized spacial score (nSPS) is 34.6. The Kier molecular flexibility index (Phi) is 5.09. The number of hydrogen-bond acceptors (Lipinski definition) is 3. The lowest BCUT2D eigenvalue weighted by Gasteiger charge is -2.47. The molecule has 3 nitrogen and oxygen atoms in total. The monoisotopic (exact) mass is 277 g/mol. The van der Waals surface area contributed by atoms with Gasteiger partial charge < -0.3 is 10.2 Å². The van der Waals surface area contributed by atoms with E-state index in [-0.39, 0.29) is 5.54 Å². The first-order valence-corrected chi connectivity index (χ1v) is 8.47. The summed E-state index contributed by atoms with van der Waals surface area (Å²) in [7, 11) is 1.95. The van der Waals surface area contributed by atoms with Crippen molar-refractivity contribution in [3.63, 3.8) is 0 Å². The van der Waals surface area contributed by atoms with Crippen molar-refractivity contribution in [2.24, 2.45) is 5.41 Å². The molecular weight excluding hydrogens is 246 g/mol. The Morgan fingerprint density at radius 1 is 1.20 bits per heavy atom. The molecule has 114 valence electrons. The van der Waals surface area contributed by atoms with E-state index in [0.717, 1.165) is 12.8 Å². The van der Waals surface area contributed by atoms with Gasteiger partial charge in [0.15, 0.2) is 0 Å². The van der Waals surface area contributed by atoms with Crippen molar-refractivity contribution in [3.05, 3.63) is 0 Å². The smallest absolute Gasteiger partial charge is 0.108 e. The van der Waals surface area contributed by atoms with E-state index in [0.29, 0.717) is 11.5 Å². The lowest BCUT2D eigenvalue weighted by Crippen LogP contribution is -2.53. The van der Waals surface area contributed by atoms with Crippen LogP contribution in [0.1, 0.15) is 65.2 Å². The summed E-state index contributed by atoms with van der Waals surface area (Å²) in [6.45, 7) is 7.16. The number of piperidine rings is 1. The zero-order valence-electron chi connectivity index (χ0n) is 13.5. The molecule has 20 heavy (non-hydrogen) atoms. The van der Waals surface area contributed by atoms with E-state index in [4.69, 9.17) is 0 Å². The number of nitriles is 1. The van der Waals surface area contributed by atoms with Gasteiger partial charge in [0.1, 0.15) is 5.54 Å². The SMILES string of the molecule is CCC1(CC)CCN(C2CCCC(C#N)(NC)C2)CC1. The molecule has 0 amide bonds. The van der Waals surface area contributed by atoms with Crippen LogP contribution in [0.25, 0.3) is 0 Å². The predicted octanol–water partition coefficient (Wildman–Crippen LogP) is 3.31. The first kappa shape index (κ1) is 15.8. The third-order valence-electron chi connectivity index (χ3n) is 6.29. The van der Waals surface area contributed by atoms with Crippen molar-refractivity contribution in [1.29, 1.82) is 5.26 Å². The molecule has 0 aromatic rings. The average Bonchev–Trinajstić information content (AvgIpc) is 2.55. The number of rotatable bonds is 4. The highest BCUT2D eigenvalue weighted by molar-refractivity contribution is 5.10. The second-order valence-electron chi connectivity index (χ2n) is 6.94. The lowest BCUT2D eigenvalue weighted by molar-refractivity contribution is 0.0420. The number of nitrogens with zero attached hydrogens (tertiary/aromatic N) is 2. The van der Waals surface area contributed by atoms with E-state index >= 15 is 0 Å². The van der Waals surface area contributed by atoms with Crippen LogP contribution in [0.4, 0.5) is 0 Å². The van der Waals surface area contributed by atoms with Crippen LogP contribution in [0.15, 0.2) is 0 Å². The largest absolute Gasteiger partial charge is 0.302 e. The van der Waals surface area contributed by atoms with Crippen molar-refractivity contribution >= 4 is 0 Å². The van der Waals surface area contributed by atoms with Gasteiger partial charge in [0.05, 0.1) is 6.07 Å². The van der Waals surface area contributed by atoms with Gasteiger partial charge in [-0.3, -0.25) is 0 Å². The van der Waals surface area contributed by atoms with Gasteiger partial charge in [-0.15, -0.1) is 0 Å². The highest BCUT2D eigenvalue weighted by Gasteiger charge is 2.40. The Balaban J connectivity index is 1.95. The van der Waals surface area contributed by atoms with Crippen molar-refractivity contribution in [2.45, 2.75) is 76.8 Å². The summed E-state index contributed by atoms with van der Waals surface area (Å²) in [6, 6.07) is 3.15. The molecule has 1 aliphatic heterocycles. The highest BCUT2D eigenvalue weighted by atomic mass is 15.2. The molecule has 1 aliphatic carbocycles. The summed E-state index contributed by atoms with van der Waals surface area (Å²) in [6.07, 6.45) is 9.80. The molecule has 0 radical (unpaired) electrons. The average molecular weight is 277 g/mol. The molecule has 2 fully saturated rings. The molecule has 2 rings (SSSR count). The fourth-order valence-corrected chi connectivity index (χ4v) is 4.26. The van der Waals surface area contributed by atoms with E-state index in [2.05, 4.69) is 30.1 Å². The summed E-state index contributed by atoms with van der Waals surface area (Å²) < 4.78 is 0. The topological polar surface area (TPSA) is 39.1 Å². The molecular formula is C17H31N3. The molecule has 1 heterocycles. The molecule has 1 saturated carbocycles. The quantitative estimate of drug-likeness (QED) is 0.857. The maximum atomic E-state index is 9.49. The maximum Gasteiger partial charge on any atom is 0.108 e. The fourth-order valence-electron chi connectivity index (χ4n) is 4.26. The van der Waals surface area contributed by atoms with Gasteiger partial charge in [0.25, 0.3) is 0 Å². The summed E-state index contributed by atoms with van der Waals surface area (Å²) in [4.78, 5) is 2.67. The Morgan fingerprint density at radius 3 is 2.35 bits per heavy atom. The van der Waals surface area contributed by atoms with Crippen LogP contribution in [0, 0.1) is 16.7 Å². The van der Waals surface area contributed by atoms with Crippen molar-refractivity contribution in [3.8, 4) is 6.07 Å². The zero-order valence-corrected chi connectivity index (χ0v) is 13.5. The molecule has 0 bridgehead atoms. The van der Waals surface area contributed by atoms with Crippen LogP contribution < -0.4 is 5.32 Å². The Morgan fingerprint density at radius 2 is 1.85 bits per heavy atom. The summed E-state index contributed by atoms with van der Waals surface area (Å²) in [5.74, 6) is 0. The van der Waals surface area contributed by atoms with Crippen LogP contribution in [0.5, 0.6) is 0 Å². The Labute approximate surface area is 124 Å². The van der Waals surface area contributed by atoms with E-state index in [9.17, 15) is 5.26 Å². The predicted molar refractivity (Wildman–Crippen MR) is 83.5 cm³/mol. The van der Waals surface area contributed by atoms with Crippen LogP contribution in [-0.2, 0) is 0 Å². The molecule has 3 heteroatoms. The standard InChI is InChI=1S/C17H31N3/c1-4-16(5-2)9-11-20(12-10-16)15-7-6-8-17(13-15,14-18)19-3/h15,19H,4-13H2,1-3H3. The van der Waals surface area contributed by atoms with Gasteiger partial charge >= 0.3 is 0 Å². The van der Waals surface area contributed by atoms with Gasteiger partial charge in [-0.25, -0.2) is 0 Å². The third-order valence-corrected chi connectivity index (χ3v) is 6.29. The minimum absolute atomic E-state index is 0.271. The second kappa shape index (κ2) is 6.45. The maximum absolute atomic E-state index is 9.49. The molecule has 1 N–H and O–H groups in total. The Bertz CT molecular complexity index is 346. The molecule has 0 spiro atoms. The fraction of sp³-hybridized carbons (Fsp3) is 0.941.